The van der Waals surface area contributed by atoms with Crippen molar-refractivity contribution in [3.05, 3.63) is 35.7 Å². The predicted molar refractivity (Wildman–Crippen MR) is 56.9 cm³/mol. The molecular formula is C11H12FNO2. The number of nitrogens with two attached hydrogens (primary N) is 1. The van der Waals surface area contributed by atoms with Gasteiger partial charge in [0, 0.05) is 11.3 Å². The van der Waals surface area contributed by atoms with Crippen LogP contribution in [0.1, 0.15) is 22.8 Å². The van der Waals surface area contributed by atoms with Gasteiger partial charge in [0.15, 0.2) is 0 Å². The largest absolute Gasteiger partial charge is 0.465 e. The topological polar surface area (TPSA) is 52.3 Å². The van der Waals surface area contributed by atoms with Gasteiger partial charge in [0.1, 0.15) is 5.82 Å². The van der Waals surface area contributed by atoms with E-state index in [-0.39, 0.29) is 11.3 Å². The van der Waals surface area contributed by atoms with Crippen LogP contribution in [0, 0.1) is 5.82 Å². The normalized spacial score (nSPS) is 9.80. The molecule has 0 saturated carbocycles. The lowest BCUT2D eigenvalue weighted by Gasteiger charge is -2.08. The van der Waals surface area contributed by atoms with Crippen LogP contribution in [0.4, 0.5) is 10.1 Å². The van der Waals surface area contributed by atoms with Crippen molar-refractivity contribution < 1.29 is 13.9 Å². The third kappa shape index (κ3) is 2.15. The van der Waals surface area contributed by atoms with Gasteiger partial charge in [0.05, 0.1) is 12.7 Å². The van der Waals surface area contributed by atoms with Gasteiger partial charge in [-0.1, -0.05) is 6.58 Å². The number of anilines is 1. The standard InChI is InChI=1S/C11H12FNO2/c1-6(2)7-4-8(11(14)15-3)9(12)5-10(7)13/h4-5H,1,13H2,2-3H3. The summed E-state index contributed by atoms with van der Waals surface area (Å²) in [4.78, 5) is 11.2. The average Bonchev–Trinajstić information content (AvgIpc) is 2.16. The van der Waals surface area contributed by atoms with Crippen LogP contribution in [0.2, 0.25) is 0 Å². The number of benzene rings is 1. The Labute approximate surface area is 87.3 Å². The summed E-state index contributed by atoms with van der Waals surface area (Å²) in [6.07, 6.45) is 0. The number of halogens is 1. The Morgan fingerprint density at radius 1 is 1.47 bits per heavy atom. The molecule has 0 unspecified atom stereocenters. The molecule has 15 heavy (non-hydrogen) atoms. The van der Waals surface area contributed by atoms with Crippen LogP contribution < -0.4 is 5.73 Å². The first-order valence-electron chi connectivity index (χ1n) is 4.30. The average molecular weight is 209 g/mol. The number of ether oxygens (including phenoxy) is 1. The van der Waals surface area contributed by atoms with Crippen LogP contribution in [0.15, 0.2) is 18.7 Å². The van der Waals surface area contributed by atoms with E-state index < -0.39 is 11.8 Å². The van der Waals surface area contributed by atoms with Gasteiger partial charge in [-0.3, -0.25) is 0 Å². The molecule has 0 amide bonds. The second kappa shape index (κ2) is 4.13. The molecule has 0 spiro atoms. The van der Waals surface area contributed by atoms with Crippen LogP contribution in [-0.4, -0.2) is 13.1 Å². The zero-order chi connectivity index (χ0) is 11.6. The van der Waals surface area contributed by atoms with Crippen molar-refractivity contribution in [3.63, 3.8) is 0 Å². The summed E-state index contributed by atoms with van der Waals surface area (Å²) in [5.41, 5.74) is 6.92. The molecule has 0 atom stereocenters. The van der Waals surface area contributed by atoms with Crippen molar-refractivity contribution in [1.82, 2.24) is 0 Å². The van der Waals surface area contributed by atoms with Gasteiger partial charge in [-0.05, 0) is 24.6 Å². The molecule has 1 rings (SSSR count). The van der Waals surface area contributed by atoms with Crippen LogP contribution in [0.5, 0.6) is 0 Å². The van der Waals surface area contributed by atoms with E-state index in [1.807, 2.05) is 0 Å². The molecule has 0 radical (unpaired) electrons. The zero-order valence-electron chi connectivity index (χ0n) is 8.63. The van der Waals surface area contributed by atoms with E-state index in [0.29, 0.717) is 11.1 Å². The number of esters is 1. The van der Waals surface area contributed by atoms with Crippen molar-refractivity contribution in [1.29, 1.82) is 0 Å². The molecule has 0 saturated heterocycles. The zero-order valence-corrected chi connectivity index (χ0v) is 8.63. The molecule has 0 aliphatic carbocycles. The first-order chi connectivity index (χ1) is 6.97. The number of carbonyl (C=O) groups is 1. The van der Waals surface area contributed by atoms with Gasteiger partial charge in [0.25, 0.3) is 0 Å². The van der Waals surface area contributed by atoms with Gasteiger partial charge in [0.2, 0.25) is 0 Å². The predicted octanol–water partition coefficient (Wildman–Crippen LogP) is 2.23. The lowest BCUT2D eigenvalue weighted by Crippen LogP contribution is -2.06. The summed E-state index contributed by atoms with van der Waals surface area (Å²) in [6, 6.07) is 2.44. The molecule has 0 bridgehead atoms. The Bertz CT molecular complexity index is 427. The van der Waals surface area contributed by atoms with Crippen molar-refractivity contribution in [2.24, 2.45) is 0 Å². The van der Waals surface area contributed by atoms with Crippen LogP contribution in [0.3, 0.4) is 0 Å². The molecule has 4 heteroatoms. The van der Waals surface area contributed by atoms with E-state index in [4.69, 9.17) is 5.73 Å². The second-order valence-corrected chi connectivity index (χ2v) is 3.19. The van der Waals surface area contributed by atoms with Crippen LogP contribution in [-0.2, 0) is 4.74 Å². The third-order valence-electron chi connectivity index (χ3n) is 2.00. The molecule has 0 heterocycles. The lowest BCUT2D eigenvalue weighted by atomic mass is 10.0. The Kier molecular flexibility index (Phi) is 3.09. The Morgan fingerprint density at radius 2 is 2.07 bits per heavy atom. The SMILES string of the molecule is C=C(C)c1cc(C(=O)OC)c(F)cc1N. The maximum absolute atomic E-state index is 13.3. The highest BCUT2D eigenvalue weighted by atomic mass is 19.1. The Morgan fingerprint density at radius 3 is 2.53 bits per heavy atom. The minimum atomic E-state index is -0.727. The van der Waals surface area contributed by atoms with Crippen LogP contribution in [0.25, 0.3) is 5.57 Å². The van der Waals surface area contributed by atoms with E-state index >= 15 is 0 Å². The third-order valence-corrected chi connectivity index (χ3v) is 2.00. The van der Waals surface area contributed by atoms with Crippen molar-refractivity contribution in [2.75, 3.05) is 12.8 Å². The van der Waals surface area contributed by atoms with E-state index in [2.05, 4.69) is 11.3 Å². The Balaban J connectivity index is 3.36. The molecule has 1 aromatic carbocycles. The summed E-state index contributed by atoms with van der Waals surface area (Å²) in [5.74, 6) is -1.42. The van der Waals surface area contributed by atoms with E-state index in [0.717, 1.165) is 6.07 Å². The fraction of sp³-hybridized carbons (Fsp3) is 0.182. The van der Waals surface area contributed by atoms with Crippen molar-refractivity contribution in [2.45, 2.75) is 6.92 Å². The van der Waals surface area contributed by atoms with E-state index in [1.54, 1.807) is 6.92 Å². The van der Waals surface area contributed by atoms with Gasteiger partial charge in [-0.15, -0.1) is 0 Å². The van der Waals surface area contributed by atoms with Crippen LogP contribution >= 0.6 is 0 Å². The molecule has 80 valence electrons. The number of allylic oxidation sites excluding steroid dienone is 1. The first-order valence-corrected chi connectivity index (χ1v) is 4.30. The quantitative estimate of drug-likeness (QED) is 0.600. The number of carbonyl (C=O) groups excluding carboxylic acids is 1. The van der Waals surface area contributed by atoms with Crippen molar-refractivity contribution in [3.8, 4) is 0 Å². The highest BCUT2D eigenvalue weighted by Crippen LogP contribution is 2.24. The van der Waals surface area contributed by atoms with E-state index in [1.165, 1.54) is 13.2 Å². The summed E-state index contributed by atoms with van der Waals surface area (Å²) in [5, 5.41) is 0. The summed E-state index contributed by atoms with van der Waals surface area (Å²) in [6.45, 7) is 5.41. The highest BCUT2D eigenvalue weighted by Gasteiger charge is 2.15. The minimum absolute atomic E-state index is 0.135. The summed E-state index contributed by atoms with van der Waals surface area (Å²) in [7, 11) is 1.19. The smallest absolute Gasteiger partial charge is 0.340 e. The molecular weight excluding hydrogens is 197 g/mol. The molecule has 0 aliphatic heterocycles. The summed E-state index contributed by atoms with van der Waals surface area (Å²) >= 11 is 0. The molecule has 3 nitrogen and oxygen atoms in total. The fourth-order valence-corrected chi connectivity index (χ4v) is 1.22. The lowest BCUT2D eigenvalue weighted by molar-refractivity contribution is 0.0595. The molecule has 0 aromatic heterocycles. The van der Waals surface area contributed by atoms with Gasteiger partial charge < -0.3 is 10.5 Å². The van der Waals surface area contributed by atoms with Gasteiger partial charge in [-0.2, -0.15) is 0 Å². The minimum Gasteiger partial charge on any atom is -0.465 e. The van der Waals surface area contributed by atoms with Gasteiger partial charge in [-0.25, -0.2) is 9.18 Å². The van der Waals surface area contributed by atoms with Crippen molar-refractivity contribution >= 4 is 17.2 Å². The van der Waals surface area contributed by atoms with Gasteiger partial charge >= 0.3 is 5.97 Å². The number of nitrogen functional groups attached to an aromatic ring is 1. The Hall–Kier alpha value is -1.84. The number of methoxy groups -OCH3 is 1. The molecule has 2 N–H and O–H groups in total. The monoisotopic (exact) mass is 209 g/mol. The maximum Gasteiger partial charge on any atom is 0.340 e. The number of rotatable bonds is 2. The fourth-order valence-electron chi connectivity index (χ4n) is 1.22. The van der Waals surface area contributed by atoms with E-state index in [9.17, 15) is 9.18 Å². The number of hydrogen-bond donors (Lipinski definition) is 1. The molecule has 1 aromatic rings. The second-order valence-electron chi connectivity index (χ2n) is 3.19. The molecule has 0 fully saturated rings. The highest BCUT2D eigenvalue weighted by molar-refractivity contribution is 5.92. The first kappa shape index (κ1) is 11.2. The summed E-state index contributed by atoms with van der Waals surface area (Å²) < 4.78 is 17.8. The number of hydrogen-bond acceptors (Lipinski definition) is 3. The maximum atomic E-state index is 13.3. The molecule has 0 aliphatic rings.